The van der Waals surface area contributed by atoms with Crippen LogP contribution < -0.4 is 0 Å². The largest absolute Gasteiger partial charge is 0.285 e. The molecule has 7 heteroatoms. The first kappa shape index (κ1) is 10.8. The summed E-state index contributed by atoms with van der Waals surface area (Å²) in [5.74, 6) is 0. The topological polar surface area (TPSA) is 54.4 Å². The maximum absolute atomic E-state index is 12.8. The van der Waals surface area contributed by atoms with Crippen LogP contribution in [-0.2, 0) is 10.1 Å². The van der Waals surface area contributed by atoms with Crippen LogP contribution in [0.15, 0.2) is 0 Å². The van der Waals surface area contributed by atoms with Crippen molar-refractivity contribution >= 4 is 10.1 Å². The van der Waals surface area contributed by atoms with E-state index in [1.807, 2.05) is 0 Å². The Hall–Kier alpha value is -0.300. The summed E-state index contributed by atoms with van der Waals surface area (Å²) >= 11 is 0. The molecule has 1 saturated carbocycles. The fourth-order valence-corrected chi connectivity index (χ4v) is 2.27. The second-order valence-electron chi connectivity index (χ2n) is 3.04. The van der Waals surface area contributed by atoms with Gasteiger partial charge >= 0.3 is 0 Å². The maximum Gasteiger partial charge on any atom is 0.270 e. The van der Waals surface area contributed by atoms with Gasteiger partial charge in [0.15, 0.2) is 12.3 Å². The lowest BCUT2D eigenvalue weighted by Gasteiger charge is -2.28. The molecule has 3 nitrogen and oxygen atoms in total. The summed E-state index contributed by atoms with van der Waals surface area (Å²) < 4.78 is 67.4. The van der Waals surface area contributed by atoms with Crippen molar-refractivity contribution in [1.29, 1.82) is 0 Å². The maximum atomic E-state index is 12.8. The molecule has 0 saturated heterocycles. The second-order valence-corrected chi connectivity index (χ2v) is 4.67. The molecule has 1 fully saturated rings. The molecule has 0 bridgehead atoms. The molecule has 13 heavy (non-hydrogen) atoms. The zero-order valence-electron chi connectivity index (χ0n) is 6.53. The molecule has 1 N–H and O–H groups in total. The van der Waals surface area contributed by atoms with Gasteiger partial charge in [-0.2, -0.15) is 8.42 Å². The molecule has 4 unspecified atom stereocenters. The SMILES string of the molecule is O=S(=O)(O)C1CCC(F)C(F)C1F. The van der Waals surface area contributed by atoms with Gasteiger partial charge in [0.25, 0.3) is 10.1 Å². The van der Waals surface area contributed by atoms with Crippen molar-refractivity contribution in [3.63, 3.8) is 0 Å². The van der Waals surface area contributed by atoms with Gasteiger partial charge in [-0.3, -0.25) is 4.55 Å². The zero-order valence-corrected chi connectivity index (χ0v) is 7.35. The van der Waals surface area contributed by atoms with Crippen LogP contribution in [0.2, 0.25) is 0 Å². The Labute approximate surface area is 73.7 Å². The highest BCUT2D eigenvalue weighted by Crippen LogP contribution is 2.30. The van der Waals surface area contributed by atoms with Crippen molar-refractivity contribution in [2.45, 2.75) is 36.6 Å². The molecule has 0 aromatic heterocycles. The van der Waals surface area contributed by atoms with Gasteiger partial charge in [0.1, 0.15) is 11.4 Å². The van der Waals surface area contributed by atoms with E-state index in [1.54, 1.807) is 0 Å². The van der Waals surface area contributed by atoms with Gasteiger partial charge in [-0.25, -0.2) is 13.2 Å². The lowest BCUT2D eigenvalue weighted by atomic mass is 9.95. The van der Waals surface area contributed by atoms with E-state index < -0.39 is 33.9 Å². The van der Waals surface area contributed by atoms with Gasteiger partial charge in [0.2, 0.25) is 0 Å². The Kier molecular flexibility index (Phi) is 2.86. The van der Waals surface area contributed by atoms with E-state index in [1.165, 1.54) is 0 Å². The highest BCUT2D eigenvalue weighted by molar-refractivity contribution is 7.86. The minimum absolute atomic E-state index is 0.383. The molecule has 1 aliphatic carbocycles. The summed E-state index contributed by atoms with van der Waals surface area (Å²) in [7, 11) is -4.61. The lowest BCUT2D eigenvalue weighted by molar-refractivity contribution is 0.0444. The lowest BCUT2D eigenvalue weighted by Crippen LogP contribution is -2.46. The first-order chi connectivity index (χ1) is 5.84. The van der Waals surface area contributed by atoms with Crippen LogP contribution in [0.4, 0.5) is 13.2 Å². The number of hydrogen-bond acceptors (Lipinski definition) is 2. The normalized spacial score (nSPS) is 41.8. The molecule has 0 radical (unpaired) electrons. The molecule has 0 aliphatic heterocycles. The van der Waals surface area contributed by atoms with E-state index in [9.17, 15) is 21.6 Å². The van der Waals surface area contributed by atoms with Gasteiger partial charge in [-0.1, -0.05) is 0 Å². The molecule has 0 amide bonds. The molecule has 0 heterocycles. The van der Waals surface area contributed by atoms with Crippen molar-refractivity contribution in [2.75, 3.05) is 0 Å². The third-order valence-corrected chi connectivity index (χ3v) is 3.38. The zero-order chi connectivity index (χ0) is 10.2. The van der Waals surface area contributed by atoms with E-state index in [4.69, 9.17) is 4.55 Å². The molecule has 4 atom stereocenters. The van der Waals surface area contributed by atoms with Crippen LogP contribution >= 0.6 is 0 Å². The fraction of sp³-hybridized carbons (Fsp3) is 1.00. The van der Waals surface area contributed by atoms with Crippen LogP contribution in [0, 0.1) is 0 Å². The summed E-state index contributed by atoms with van der Waals surface area (Å²) in [6.45, 7) is 0. The standard InChI is InChI=1S/C6H9F3O3S/c7-3-1-2-4(13(10,11)12)6(9)5(3)8/h3-6H,1-2H2,(H,10,11,12). The quantitative estimate of drug-likeness (QED) is 0.669. The summed E-state index contributed by atoms with van der Waals surface area (Å²) in [5.41, 5.74) is 0. The molecule has 1 aliphatic rings. The predicted molar refractivity (Wildman–Crippen MR) is 39.3 cm³/mol. The van der Waals surface area contributed by atoms with Crippen LogP contribution in [0.25, 0.3) is 0 Å². The van der Waals surface area contributed by atoms with E-state index in [2.05, 4.69) is 0 Å². The number of hydrogen-bond donors (Lipinski definition) is 1. The minimum Gasteiger partial charge on any atom is -0.285 e. The monoisotopic (exact) mass is 218 g/mol. The first-order valence-electron chi connectivity index (χ1n) is 3.72. The van der Waals surface area contributed by atoms with Crippen LogP contribution in [0.1, 0.15) is 12.8 Å². The summed E-state index contributed by atoms with van der Waals surface area (Å²) in [4.78, 5) is 0. The van der Waals surface area contributed by atoms with Crippen LogP contribution in [-0.4, -0.2) is 36.7 Å². The highest BCUT2D eigenvalue weighted by atomic mass is 32.2. The molecular formula is C6H9F3O3S. The number of rotatable bonds is 1. The Morgan fingerprint density at radius 1 is 1.08 bits per heavy atom. The van der Waals surface area contributed by atoms with Crippen molar-refractivity contribution in [2.24, 2.45) is 0 Å². The van der Waals surface area contributed by atoms with E-state index in [0.29, 0.717) is 0 Å². The van der Waals surface area contributed by atoms with Crippen molar-refractivity contribution in [3.05, 3.63) is 0 Å². The summed E-state index contributed by atoms with van der Waals surface area (Å²) in [5, 5.41) is -1.82. The van der Waals surface area contributed by atoms with Crippen molar-refractivity contribution in [1.82, 2.24) is 0 Å². The average molecular weight is 218 g/mol. The molecule has 1 rings (SSSR count). The average Bonchev–Trinajstić information content (AvgIpc) is 1.98. The van der Waals surface area contributed by atoms with Crippen LogP contribution in [0.5, 0.6) is 0 Å². The Morgan fingerprint density at radius 2 is 1.62 bits per heavy atom. The van der Waals surface area contributed by atoms with Gasteiger partial charge < -0.3 is 0 Å². The van der Waals surface area contributed by atoms with E-state index in [0.717, 1.165) is 0 Å². The minimum atomic E-state index is -4.61. The second kappa shape index (κ2) is 3.45. The van der Waals surface area contributed by atoms with Gasteiger partial charge in [0.05, 0.1) is 0 Å². The van der Waals surface area contributed by atoms with Crippen LogP contribution in [0.3, 0.4) is 0 Å². The summed E-state index contributed by atoms with van der Waals surface area (Å²) in [6.07, 6.45) is -7.68. The van der Waals surface area contributed by atoms with Gasteiger partial charge in [0, 0.05) is 0 Å². The van der Waals surface area contributed by atoms with Gasteiger partial charge in [-0.05, 0) is 12.8 Å². The molecule has 78 valence electrons. The van der Waals surface area contributed by atoms with E-state index >= 15 is 0 Å². The number of alkyl halides is 3. The summed E-state index contributed by atoms with van der Waals surface area (Å²) in [6, 6.07) is 0. The predicted octanol–water partition coefficient (Wildman–Crippen LogP) is 1.05. The Morgan fingerprint density at radius 3 is 2.08 bits per heavy atom. The molecule has 0 spiro atoms. The first-order valence-corrected chi connectivity index (χ1v) is 5.23. The third-order valence-electron chi connectivity index (χ3n) is 2.11. The van der Waals surface area contributed by atoms with Gasteiger partial charge in [-0.15, -0.1) is 0 Å². The Balaban J connectivity index is 2.82. The Bertz CT molecular complexity index is 279. The van der Waals surface area contributed by atoms with E-state index in [-0.39, 0.29) is 12.8 Å². The smallest absolute Gasteiger partial charge is 0.270 e. The molecule has 0 aromatic rings. The third kappa shape index (κ3) is 2.14. The molecule has 0 aromatic carbocycles. The number of halogens is 3. The van der Waals surface area contributed by atoms with Crippen molar-refractivity contribution < 1.29 is 26.1 Å². The van der Waals surface area contributed by atoms with Crippen molar-refractivity contribution in [3.8, 4) is 0 Å². The fourth-order valence-electron chi connectivity index (χ4n) is 1.36. The highest BCUT2D eigenvalue weighted by Gasteiger charge is 2.46. The molecular weight excluding hydrogens is 209 g/mol.